The molecule has 3 heterocycles. The zero-order chi connectivity index (χ0) is 27.1. The van der Waals surface area contributed by atoms with Crippen LogP contribution in [-0.2, 0) is 27.4 Å². The third kappa shape index (κ3) is 5.21. The topological polar surface area (TPSA) is 80.5 Å². The van der Waals surface area contributed by atoms with E-state index >= 15 is 0 Å². The van der Waals surface area contributed by atoms with Crippen molar-refractivity contribution in [1.82, 2.24) is 9.29 Å². The molecule has 0 radical (unpaired) electrons. The van der Waals surface area contributed by atoms with Gasteiger partial charge in [0.05, 0.1) is 17.3 Å². The van der Waals surface area contributed by atoms with Crippen molar-refractivity contribution in [2.24, 2.45) is 0 Å². The maximum absolute atomic E-state index is 13.5. The molecular formula is C27H22F4N2O4S. The first kappa shape index (κ1) is 26.1. The Morgan fingerprint density at radius 1 is 1.05 bits per heavy atom. The zero-order valence-corrected chi connectivity index (χ0v) is 20.7. The summed E-state index contributed by atoms with van der Waals surface area (Å²) in [6, 6.07) is 13.8. The highest BCUT2D eigenvalue weighted by molar-refractivity contribution is 7.89. The van der Waals surface area contributed by atoms with Gasteiger partial charge in [0.25, 0.3) is 10.0 Å². The molecule has 0 spiro atoms. The molecule has 2 aromatic carbocycles. The number of rotatable bonds is 7. The first-order valence-electron chi connectivity index (χ1n) is 11.9. The molecule has 11 heteroatoms. The number of ketones is 1. The zero-order valence-electron chi connectivity index (χ0n) is 19.9. The summed E-state index contributed by atoms with van der Waals surface area (Å²) in [6.07, 6.45) is -3.29. The number of benzene rings is 2. The molecule has 1 atom stereocenters. The van der Waals surface area contributed by atoms with E-state index in [0.29, 0.717) is 35.2 Å². The summed E-state index contributed by atoms with van der Waals surface area (Å²) < 4.78 is 85.2. The second kappa shape index (κ2) is 9.95. The first-order valence-corrected chi connectivity index (χ1v) is 13.3. The van der Waals surface area contributed by atoms with Crippen LogP contribution in [0.3, 0.4) is 0 Å². The van der Waals surface area contributed by atoms with Crippen molar-refractivity contribution in [2.75, 3.05) is 6.54 Å². The number of aromatic nitrogens is 1. The van der Waals surface area contributed by atoms with Crippen LogP contribution in [0.25, 0.3) is 22.2 Å². The second-order valence-electron chi connectivity index (χ2n) is 9.08. The number of nitrogens with zero attached hydrogens (tertiary/aromatic N) is 2. The van der Waals surface area contributed by atoms with E-state index in [1.165, 1.54) is 36.4 Å². The molecule has 0 saturated carbocycles. The Morgan fingerprint density at radius 2 is 1.82 bits per heavy atom. The maximum Gasteiger partial charge on any atom is 0.416 e. The minimum Gasteiger partial charge on any atom is -0.443 e. The summed E-state index contributed by atoms with van der Waals surface area (Å²) in [5.41, 5.74) is 1.00. The fraction of sp³-hybridized carbons (Fsp3) is 0.259. The number of carbonyl (C=O) groups is 1. The average molecular weight is 547 g/mol. The predicted octanol–water partition coefficient (Wildman–Crippen LogP) is 6.01. The van der Waals surface area contributed by atoms with Crippen LogP contribution in [0.5, 0.6) is 0 Å². The van der Waals surface area contributed by atoms with E-state index < -0.39 is 33.6 Å². The van der Waals surface area contributed by atoms with Gasteiger partial charge < -0.3 is 4.42 Å². The number of pyridine rings is 1. The van der Waals surface area contributed by atoms with Crippen LogP contribution >= 0.6 is 0 Å². The molecular weight excluding hydrogens is 524 g/mol. The summed E-state index contributed by atoms with van der Waals surface area (Å²) in [4.78, 5) is 17.6. The number of furan rings is 1. The van der Waals surface area contributed by atoms with Gasteiger partial charge in [0.15, 0.2) is 5.78 Å². The van der Waals surface area contributed by atoms with Crippen LogP contribution in [0, 0.1) is 5.82 Å². The Labute approximate surface area is 215 Å². The number of Topliss-reactive ketones (excluding diaryl/α,β-unsaturated/α-hetero) is 1. The molecule has 1 aliphatic rings. The Hall–Kier alpha value is -3.57. The van der Waals surface area contributed by atoms with Crippen molar-refractivity contribution in [3.8, 4) is 11.3 Å². The summed E-state index contributed by atoms with van der Waals surface area (Å²) in [6.45, 7) is 0.159. The molecule has 4 aromatic rings. The monoisotopic (exact) mass is 546 g/mol. The van der Waals surface area contributed by atoms with Gasteiger partial charge in [0, 0.05) is 35.7 Å². The lowest BCUT2D eigenvalue weighted by Crippen LogP contribution is -2.40. The minimum atomic E-state index is -4.43. The Bertz CT molecular complexity index is 1600. The van der Waals surface area contributed by atoms with E-state index in [1.54, 1.807) is 18.2 Å². The molecule has 5 rings (SSSR count). The number of alkyl halides is 3. The molecule has 0 N–H and O–H groups in total. The molecule has 2 aromatic heterocycles. The van der Waals surface area contributed by atoms with Crippen molar-refractivity contribution in [1.29, 1.82) is 0 Å². The van der Waals surface area contributed by atoms with Gasteiger partial charge in [-0.25, -0.2) is 12.8 Å². The smallest absolute Gasteiger partial charge is 0.416 e. The maximum atomic E-state index is 13.5. The molecule has 1 aliphatic heterocycles. The lowest BCUT2D eigenvalue weighted by Gasteiger charge is -2.21. The SMILES string of the molecule is O=C(CCc1cccc(-c2ccc(C(F)(F)F)cc2)n1)[C@@H]1CCCN1S(=O)(=O)c1cc2cc(F)ccc2o1. The van der Waals surface area contributed by atoms with Gasteiger partial charge >= 0.3 is 6.18 Å². The average Bonchev–Trinajstić information content (AvgIpc) is 3.55. The van der Waals surface area contributed by atoms with Crippen LogP contribution in [0.15, 0.2) is 76.2 Å². The Kier molecular flexibility index (Phi) is 6.83. The van der Waals surface area contributed by atoms with Crippen molar-refractivity contribution in [2.45, 2.75) is 43.0 Å². The van der Waals surface area contributed by atoms with Crippen LogP contribution in [0.2, 0.25) is 0 Å². The number of hydrogen-bond acceptors (Lipinski definition) is 5. The lowest BCUT2D eigenvalue weighted by atomic mass is 10.0. The predicted molar refractivity (Wildman–Crippen MR) is 131 cm³/mol. The van der Waals surface area contributed by atoms with Gasteiger partial charge in [-0.2, -0.15) is 17.5 Å². The van der Waals surface area contributed by atoms with Gasteiger partial charge in [-0.15, -0.1) is 0 Å². The molecule has 6 nitrogen and oxygen atoms in total. The van der Waals surface area contributed by atoms with Crippen LogP contribution in [-0.4, -0.2) is 36.1 Å². The van der Waals surface area contributed by atoms with E-state index in [2.05, 4.69) is 4.98 Å². The lowest BCUT2D eigenvalue weighted by molar-refractivity contribution is -0.137. The Morgan fingerprint density at radius 3 is 2.55 bits per heavy atom. The fourth-order valence-corrected chi connectivity index (χ4v) is 6.24. The molecule has 1 fully saturated rings. The van der Waals surface area contributed by atoms with Crippen LogP contribution in [0.4, 0.5) is 17.6 Å². The molecule has 198 valence electrons. The fourth-order valence-electron chi connectivity index (χ4n) is 4.61. The van der Waals surface area contributed by atoms with Gasteiger partial charge in [0.2, 0.25) is 5.09 Å². The van der Waals surface area contributed by atoms with E-state index in [4.69, 9.17) is 4.42 Å². The number of hydrogen-bond donors (Lipinski definition) is 0. The standard InChI is InChI=1S/C27H22F4N2O4S/c28-20-10-13-25-18(15-20)16-26(37-25)38(35,36)33-14-2-5-23(33)24(34)12-11-21-3-1-4-22(32-21)17-6-8-19(9-7-17)27(29,30)31/h1,3-4,6-10,13,15-16,23H,2,5,11-12,14H2/t23-/m0/s1. The van der Waals surface area contributed by atoms with Gasteiger partial charge in [-0.05, 0) is 61.7 Å². The highest BCUT2D eigenvalue weighted by Gasteiger charge is 2.40. The van der Waals surface area contributed by atoms with E-state index in [-0.39, 0.29) is 35.8 Å². The van der Waals surface area contributed by atoms with Gasteiger partial charge in [-0.3, -0.25) is 9.78 Å². The largest absolute Gasteiger partial charge is 0.443 e. The molecule has 0 bridgehead atoms. The third-order valence-corrected chi connectivity index (χ3v) is 8.30. The summed E-state index contributed by atoms with van der Waals surface area (Å²) >= 11 is 0. The summed E-state index contributed by atoms with van der Waals surface area (Å²) in [5, 5.41) is -0.0339. The highest BCUT2D eigenvalue weighted by Crippen LogP contribution is 2.32. The van der Waals surface area contributed by atoms with E-state index in [9.17, 15) is 30.8 Å². The van der Waals surface area contributed by atoms with Crippen molar-refractivity contribution < 1.29 is 35.2 Å². The van der Waals surface area contributed by atoms with Gasteiger partial charge in [-0.1, -0.05) is 18.2 Å². The van der Waals surface area contributed by atoms with Crippen molar-refractivity contribution in [3.05, 3.63) is 83.8 Å². The third-order valence-electron chi connectivity index (χ3n) is 6.54. The van der Waals surface area contributed by atoms with E-state index in [0.717, 1.165) is 16.4 Å². The number of fused-ring (bicyclic) bond motifs is 1. The highest BCUT2D eigenvalue weighted by atomic mass is 32.2. The number of halogens is 4. The van der Waals surface area contributed by atoms with E-state index in [1.807, 2.05) is 0 Å². The summed E-state index contributed by atoms with van der Waals surface area (Å²) in [5.74, 6) is -0.789. The van der Waals surface area contributed by atoms with Crippen LogP contribution in [0.1, 0.15) is 30.5 Å². The quantitative estimate of drug-likeness (QED) is 0.265. The summed E-state index contributed by atoms with van der Waals surface area (Å²) in [7, 11) is -4.12. The Balaban J connectivity index is 1.28. The normalized spacial score (nSPS) is 16.8. The number of sulfonamides is 1. The molecule has 0 amide bonds. The molecule has 1 saturated heterocycles. The number of aryl methyl sites for hydroxylation is 1. The minimum absolute atomic E-state index is 0.0332. The van der Waals surface area contributed by atoms with Crippen molar-refractivity contribution >= 4 is 26.8 Å². The molecule has 0 aliphatic carbocycles. The first-order chi connectivity index (χ1) is 18.0. The number of carbonyl (C=O) groups excluding carboxylic acids is 1. The van der Waals surface area contributed by atoms with Crippen molar-refractivity contribution in [3.63, 3.8) is 0 Å². The second-order valence-corrected chi connectivity index (χ2v) is 10.9. The van der Waals surface area contributed by atoms with Crippen LogP contribution < -0.4 is 0 Å². The van der Waals surface area contributed by atoms with Gasteiger partial charge in [0.1, 0.15) is 11.4 Å². The molecule has 0 unspecified atom stereocenters. The molecule has 38 heavy (non-hydrogen) atoms.